The van der Waals surface area contributed by atoms with Crippen molar-refractivity contribution < 1.29 is 0 Å². The van der Waals surface area contributed by atoms with Crippen molar-refractivity contribution in [2.24, 2.45) is 0 Å². The molecule has 0 radical (unpaired) electrons. The summed E-state index contributed by atoms with van der Waals surface area (Å²) < 4.78 is 0. The largest absolute Gasteiger partial charge is 0.0622 e. The predicted octanol–water partition coefficient (Wildman–Crippen LogP) is 21.3. The Hall–Kier alpha value is -9.88. The molecule has 2 aliphatic carbocycles. The van der Waals surface area contributed by atoms with Crippen LogP contribution >= 0.6 is 0 Å². The third-order valence-electron chi connectivity index (χ3n) is 16.5. The van der Waals surface area contributed by atoms with E-state index in [1.54, 1.807) is 0 Å². The summed E-state index contributed by atoms with van der Waals surface area (Å²) in [4.78, 5) is 0. The second kappa shape index (κ2) is 16.8. The van der Waals surface area contributed by atoms with E-state index in [0.29, 0.717) is 0 Å². The highest BCUT2D eigenvalue weighted by Crippen LogP contribution is 2.58. The normalized spacial score (nSPS) is 11.9. The van der Waals surface area contributed by atoms with Crippen molar-refractivity contribution in [2.45, 2.75) is 0 Å². The van der Waals surface area contributed by atoms with Crippen LogP contribution in [0.1, 0.15) is 0 Å². The Morgan fingerprint density at radius 1 is 0.145 bits per heavy atom. The predicted molar refractivity (Wildman–Crippen MR) is 323 cm³/mol. The zero-order valence-electron chi connectivity index (χ0n) is 41.6. The van der Waals surface area contributed by atoms with Gasteiger partial charge in [-0.15, -0.1) is 0 Å². The Balaban J connectivity index is 0.914. The number of rotatable bonds is 7. The molecule has 350 valence electrons. The lowest BCUT2D eigenvalue weighted by atomic mass is 9.84. The molecule has 0 atom stereocenters. The van der Waals surface area contributed by atoms with Gasteiger partial charge in [-0.1, -0.05) is 243 Å². The molecule has 16 rings (SSSR count). The number of hydrogen-bond acceptors (Lipinski definition) is 0. The fourth-order valence-electron chi connectivity index (χ4n) is 13.2. The SMILES string of the molecule is c1ccc(-c2cccc(-c3c4c(cc5cc(-c6ccccc6)ccc35)-c3cccc5c(-c6ccc7c8c(cccc68)-c6cc8cc(-c9ccccc9)c(-c9ccccc9)cc8c(-c8ccccc8)c6-7)ccc-4c35)c2)cc1. The highest BCUT2D eigenvalue weighted by molar-refractivity contribution is 6.28. The third kappa shape index (κ3) is 6.44. The summed E-state index contributed by atoms with van der Waals surface area (Å²) in [5.41, 5.74) is 27.7. The van der Waals surface area contributed by atoms with Gasteiger partial charge in [0.05, 0.1) is 0 Å². The molecule has 0 aliphatic heterocycles. The van der Waals surface area contributed by atoms with Gasteiger partial charge in [-0.05, 0) is 202 Å². The molecule has 0 nitrogen and oxygen atoms in total. The first-order valence-electron chi connectivity index (χ1n) is 26.5. The highest BCUT2D eigenvalue weighted by atomic mass is 14.3. The smallest absolute Gasteiger partial charge is 0.00137 e. The summed E-state index contributed by atoms with van der Waals surface area (Å²) in [6, 6.07) is 104. The van der Waals surface area contributed by atoms with Gasteiger partial charge in [0.15, 0.2) is 0 Å². The first-order chi connectivity index (χ1) is 37.7. The molecule has 2 aliphatic rings. The van der Waals surface area contributed by atoms with Crippen molar-refractivity contribution in [2.75, 3.05) is 0 Å². The molecule has 0 amide bonds. The Morgan fingerprint density at radius 2 is 0.539 bits per heavy atom. The minimum absolute atomic E-state index is 1.21. The molecule has 0 aromatic heterocycles. The molecule has 0 N–H and O–H groups in total. The van der Waals surface area contributed by atoms with E-state index in [1.807, 2.05) is 0 Å². The van der Waals surface area contributed by atoms with E-state index in [-0.39, 0.29) is 0 Å². The van der Waals surface area contributed by atoms with Crippen LogP contribution in [-0.2, 0) is 0 Å². The first kappa shape index (κ1) is 42.6. The highest BCUT2D eigenvalue weighted by Gasteiger charge is 2.31. The molecule has 0 fully saturated rings. The molecule has 0 spiro atoms. The lowest BCUT2D eigenvalue weighted by Crippen LogP contribution is -1.92. The minimum atomic E-state index is 1.21. The summed E-state index contributed by atoms with van der Waals surface area (Å²) in [5.74, 6) is 0. The first-order valence-corrected chi connectivity index (χ1v) is 26.5. The molecule has 0 saturated heterocycles. The van der Waals surface area contributed by atoms with E-state index in [1.165, 1.54) is 165 Å². The van der Waals surface area contributed by atoms with E-state index in [9.17, 15) is 0 Å². The minimum Gasteiger partial charge on any atom is -0.0622 e. The van der Waals surface area contributed by atoms with E-state index in [2.05, 4.69) is 279 Å². The monoisotopic (exact) mass is 958 g/mol. The Kier molecular flexibility index (Phi) is 9.44. The van der Waals surface area contributed by atoms with Crippen LogP contribution in [0.3, 0.4) is 0 Å². The quantitative estimate of drug-likeness (QED) is 0.149. The van der Waals surface area contributed by atoms with Crippen LogP contribution in [0.15, 0.2) is 279 Å². The van der Waals surface area contributed by atoms with Crippen LogP contribution < -0.4 is 0 Å². The van der Waals surface area contributed by atoms with Crippen molar-refractivity contribution in [3.05, 3.63) is 279 Å². The van der Waals surface area contributed by atoms with Gasteiger partial charge in [0.2, 0.25) is 0 Å². The topological polar surface area (TPSA) is 0 Å². The van der Waals surface area contributed by atoms with E-state index < -0.39 is 0 Å². The van der Waals surface area contributed by atoms with Crippen molar-refractivity contribution in [3.63, 3.8) is 0 Å². The second-order valence-corrected chi connectivity index (χ2v) is 20.6. The number of benzene rings is 14. The van der Waals surface area contributed by atoms with Gasteiger partial charge in [0.1, 0.15) is 0 Å². The van der Waals surface area contributed by atoms with Gasteiger partial charge in [-0.3, -0.25) is 0 Å². The van der Waals surface area contributed by atoms with E-state index >= 15 is 0 Å². The molecule has 0 unspecified atom stereocenters. The fraction of sp³-hybridized carbons (Fsp3) is 0. The standard InChI is InChI=1S/C76H46/c1-6-19-47(20-7-1)52-29-16-30-54(41-52)72-57-36-35-53(48-21-8-2-9-22-48)42-55(57)44-69-62-33-17-32-61-59(38-40-65(74(61)62)76(69)72)58-37-39-64-73-60(58)31-18-34-63(73)70-45-56-43-66(49-23-10-3-11-24-49)67(50-25-12-4-13-26-50)46-68(56)71(75(64)70)51-27-14-5-15-28-51/h1-46H. The van der Waals surface area contributed by atoms with E-state index in [4.69, 9.17) is 0 Å². The molecule has 14 aromatic carbocycles. The second-order valence-electron chi connectivity index (χ2n) is 20.6. The van der Waals surface area contributed by atoms with E-state index in [0.717, 1.165) is 0 Å². The van der Waals surface area contributed by atoms with Gasteiger partial charge < -0.3 is 0 Å². The van der Waals surface area contributed by atoms with Crippen LogP contribution in [0.5, 0.6) is 0 Å². The lowest BCUT2D eigenvalue weighted by Gasteiger charge is -2.19. The number of hydrogen-bond donors (Lipinski definition) is 0. The van der Waals surface area contributed by atoms with Gasteiger partial charge in [-0.2, -0.15) is 0 Å². The van der Waals surface area contributed by atoms with Crippen molar-refractivity contribution in [1.82, 2.24) is 0 Å². The van der Waals surface area contributed by atoms with Crippen LogP contribution in [0.2, 0.25) is 0 Å². The van der Waals surface area contributed by atoms with Crippen LogP contribution in [0.4, 0.5) is 0 Å². The zero-order valence-corrected chi connectivity index (χ0v) is 41.6. The molecule has 0 bridgehead atoms. The average molecular weight is 959 g/mol. The zero-order chi connectivity index (χ0) is 49.8. The maximum Gasteiger partial charge on any atom is -0.00137 e. The third-order valence-corrected chi connectivity index (χ3v) is 16.5. The van der Waals surface area contributed by atoms with Gasteiger partial charge >= 0.3 is 0 Å². The average Bonchev–Trinajstić information content (AvgIpc) is 4.20. The number of fused-ring (bicyclic) bond motifs is 8. The summed E-state index contributed by atoms with van der Waals surface area (Å²) in [5, 5.41) is 10.2. The molecule has 76 heavy (non-hydrogen) atoms. The van der Waals surface area contributed by atoms with Crippen molar-refractivity contribution >= 4 is 43.1 Å². The Labute approximate surface area is 442 Å². The summed E-state index contributed by atoms with van der Waals surface area (Å²) in [7, 11) is 0. The lowest BCUT2D eigenvalue weighted by molar-refractivity contribution is 1.59. The molecular formula is C76H46. The Bertz CT molecular complexity index is 4690. The van der Waals surface area contributed by atoms with Crippen molar-refractivity contribution in [1.29, 1.82) is 0 Å². The molecule has 0 heteroatoms. The summed E-state index contributed by atoms with van der Waals surface area (Å²) in [6.45, 7) is 0. The fourth-order valence-corrected chi connectivity index (χ4v) is 13.2. The van der Waals surface area contributed by atoms with Crippen LogP contribution in [0, 0.1) is 0 Å². The molecule has 0 saturated carbocycles. The molecule has 0 heterocycles. The van der Waals surface area contributed by atoms with Crippen molar-refractivity contribution in [3.8, 4) is 122 Å². The van der Waals surface area contributed by atoms with Gasteiger partial charge in [0.25, 0.3) is 0 Å². The summed E-state index contributed by atoms with van der Waals surface area (Å²) in [6.07, 6.45) is 0. The van der Waals surface area contributed by atoms with Gasteiger partial charge in [0, 0.05) is 0 Å². The Morgan fingerprint density at radius 3 is 1.08 bits per heavy atom. The van der Waals surface area contributed by atoms with Crippen LogP contribution in [-0.4, -0.2) is 0 Å². The van der Waals surface area contributed by atoms with Crippen LogP contribution in [0.25, 0.3) is 165 Å². The summed E-state index contributed by atoms with van der Waals surface area (Å²) >= 11 is 0. The maximum absolute atomic E-state index is 2.48. The maximum atomic E-state index is 2.48. The van der Waals surface area contributed by atoms with Gasteiger partial charge in [-0.25, -0.2) is 0 Å². The molecule has 14 aromatic rings. The molecular weight excluding hydrogens is 913 g/mol.